The Labute approximate surface area is 116 Å². The molecule has 0 aromatic heterocycles. The van der Waals surface area contributed by atoms with E-state index in [1.54, 1.807) is 18.2 Å². The van der Waals surface area contributed by atoms with Gasteiger partial charge in [0.25, 0.3) is 5.91 Å². The Morgan fingerprint density at radius 1 is 1.25 bits per heavy atom. The third-order valence-electron chi connectivity index (χ3n) is 2.72. The summed E-state index contributed by atoms with van der Waals surface area (Å²) in [6.45, 7) is 0. The van der Waals surface area contributed by atoms with Crippen LogP contribution in [0.2, 0.25) is 0 Å². The van der Waals surface area contributed by atoms with Gasteiger partial charge in [-0.3, -0.25) is 14.8 Å². The molecule has 1 aromatic carbocycles. The smallest absolute Gasteiger partial charge is 0.322 e. The van der Waals surface area contributed by atoms with Crippen LogP contribution in [0.15, 0.2) is 24.3 Å². The third kappa shape index (κ3) is 2.89. The molecular formula is C11H14N4O4S. The van der Waals surface area contributed by atoms with Crippen LogP contribution in [0.25, 0.3) is 0 Å². The van der Waals surface area contributed by atoms with E-state index < -0.39 is 28.2 Å². The number of hydrogen-bond acceptors (Lipinski definition) is 4. The lowest BCUT2D eigenvalue weighted by Crippen LogP contribution is -2.29. The van der Waals surface area contributed by atoms with E-state index in [4.69, 9.17) is 0 Å². The van der Waals surface area contributed by atoms with Crippen molar-refractivity contribution in [2.45, 2.75) is 6.04 Å². The van der Waals surface area contributed by atoms with Crippen molar-refractivity contribution in [1.29, 1.82) is 0 Å². The Morgan fingerprint density at radius 2 is 1.95 bits per heavy atom. The van der Waals surface area contributed by atoms with E-state index in [-0.39, 0.29) is 0 Å². The number of benzene rings is 1. The Balaban J connectivity index is 2.25. The summed E-state index contributed by atoms with van der Waals surface area (Å²) >= 11 is 0. The summed E-state index contributed by atoms with van der Waals surface area (Å²) in [4.78, 5) is 22.6. The molecule has 1 fully saturated rings. The maximum atomic E-state index is 11.7. The number of hydrogen-bond donors (Lipinski definition) is 3. The van der Waals surface area contributed by atoms with E-state index in [1.807, 2.05) is 0 Å². The molecule has 9 heteroatoms. The van der Waals surface area contributed by atoms with Gasteiger partial charge in [0.05, 0.1) is 5.69 Å². The van der Waals surface area contributed by atoms with Crippen LogP contribution in [0.5, 0.6) is 0 Å². The predicted octanol–water partition coefficient (Wildman–Crippen LogP) is -0.215. The molecule has 1 heterocycles. The molecule has 0 saturated carbocycles. The zero-order chi connectivity index (χ0) is 14.9. The first-order valence-corrected chi connectivity index (χ1v) is 7.15. The molecule has 1 aliphatic rings. The van der Waals surface area contributed by atoms with Crippen molar-refractivity contribution in [2.75, 3.05) is 18.8 Å². The first-order valence-electron chi connectivity index (χ1n) is 5.71. The highest BCUT2D eigenvalue weighted by molar-refractivity contribution is 7.90. The molecular weight excluding hydrogens is 284 g/mol. The Kier molecular flexibility index (Phi) is 3.64. The van der Waals surface area contributed by atoms with Crippen LogP contribution in [0, 0.1) is 0 Å². The number of urea groups is 1. The van der Waals surface area contributed by atoms with Gasteiger partial charge in [0.15, 0.2) is 0 Å². The minimum Gasteiger partial charge on any atom is -0.322 e. The molecule has 1 saturated heterocycles. The summed E-state index contributed by atoms with van der Waals surface area (Å²) < 4.78 is 26.8. The molecule has 1 unspecified atom stereocenters. The Bertz CT molecular complexity index is 656. The standard InChI is InChI=1S/C11H14N4O4S/c1-15(2)20(18,19)14-8-5-3-4-7(6-8)9-10(16)13-11(17)12-9/h3-6,9,14H,1-2H3,(H2,12,13,16,17). The molecule has 0 radical (unpaired) electrons. The molecule has 0 aliphatic carbocycles. The normalized spacial score (nSPS) is 18.9. The highest BCUT2D eigenvalue weighted by atomic mass is 32.2. The van der Waals surface area contributed by atoms with Gasteiger partial charge < -0.3 is 5.32 Å². The van der Waals surface area contributed by atoms with Crippen molar-refractivity contribution >= 4 is 27.8 Å². The molecule has 3 amide bonds. The predicted molar refractivity (Wildman–Crippen MR) is 72.1 cm³/mol. The van der Waals surface area contributed by atoms with Crippen molar-refractivity contribution in [2.24, 2.45) is 0 Å². The fourth-order valence-electron chi connectivity index (χ4n) is 1.67. The van der Waals surface area contributed by atoms with Crippen molar-refractivity contribution in [3.63, 3.8) is 0 Å². The van der Waals surface area contributed by atoms with Gasteiger partial charge in [-0.15, -0.1) is 0 Å². The molecule has 1 aromatic rings. The van der Waals surface area contributed by atoms with Crippen LogP contribution in [0.3, 0.4) is 0 Å². The van der Waals surface area contributed by atoms with Crippen molar-refractivity contribution in [3.05, 3.63) is 29.8 Å². The summed E-state index contributed by atoms with van der Waals surface area (Å²) in [7, 11) is -0.821. The lowest BCUT2D eigenvalue weighted by molar-refractivity contribution is -0.120. The van der Waals surface area contributed by atoms with E-state index in [1.165, 1.54) is 20.2 Å². The fraction of sp³-hybridized carbons (Fsp3) is 0.273. The maximum Gasteiger partial charge on any atom is 0.322 e. The van der Waals surface area contributed by atoms with Crippen LogP contribution in [0.1, 0.15) is 11.6 Å². The summed E-state index contributed by atoms with van der Waals surface area (Å²) in [6, 6.07) is 4.89. The number of nitrogens with one attached hydrogen (secondary N) is 3. The zero-order valence-electron chi connectivity index (χ0n) is 10.9. The van der Waals surface area contributed by atoms with Gasteiger partial charge in [-0.2, -0.15) is 12.7 Å². The van der Waals surface area contributed by atoms with Gasteiger partial charge in [0.2, 0.25) is 0 Å². The van der Waals surface area contributed by atoms with Gasteiger partial charge in [0.1, 0.15) is 6.04 Å². The molecule has 1 aliphatic heterocycles. The second-order valence-electron chi connectivity index (χ2n) is 4.41. The SMILES string of the molecule is CN(C)S(=O)(=O)Nc1cccc(C2NC(=O)NC2=O)c1. The molecule has 3 N–H and O–H groups in total. The number of carbonyl (C=O) groups is 2. The minimum absolute atomic E-state index is 0.310. The lowest BCUT2D eigenvalue weighted by atomic mass is 10.1. The van der Waals surface area contributed by atoms with Gasteiger partial charge >= 0.3 is 16.2 Å². The quantitative estimate of drug-likeness (QED) is 0.668. The van der Waals surface area contributed by atoms with Crippen LogP contribution >= 0.6 is 0 Å². The van der Waals surface area contributed by atoms with Crippen LogP contribution in [-0.2, 0) is 15.0 Å². The van der Waals surface area contributed by atoms with Gasteiger partial charge in [0, 0.05) is 14.1 Å². The van der Waals surface area contributed by atoms with E-state index in [9.17, 15) is 18.0 Å². The number of carbonyl (C=O) groups excluding carboxylic acids is 2. The number of nitrogens with zero attached hydrogens (tertiary/aromatic N) is 1. The average Bonchev–Trinajstić information content (AvgIpc) is 2.68. The monoisotopic (exact) mass is 298 g/mol. The Morgan fingerprint density at radius 3 is 2.50 bits per heavy atom. The van der Waals surface area contributed by atoms with E-state index in [2.05, 4.69) is 15.4 Å². The zero-order valence-corrected chi connectivity index (χ0v) is 11.7. The van der Waals surface area contributed by atoms with Gasteiger partial charge in [-0.1, -0.05) is 12.1 Å². The third-order valence-corrected chi connectivity index (χ3v) is 4.18. The maximum absolute atomic E-state index is 11.7. The Hall–Kier alpha value is -2.13. The van der Waals surface area contributed by atoms with E-state index in [0.29, 0.717) is 11.3 Å². The number of anilines is 1. The minimum atomic E-state index is -3.62. The van der Waals surface area contributed by atoms with E-state index >= 15 is 0 Å². The first-order chi connectivity index (χ1) is 9.29. The van der Waals surface area contributed by atoms with Gasteiger partial charge in [-0.25, -0.2) is 4.79 Å². The number of amides is 3. The summed E-state index contributed by atoms with van der Waals surface area (Å²) in [5, 5.41) is 4.56. The van der Waals surface area contributed by atoms with Crippen LogP contribution < -0.4 is 15.4 Å². The van der Waals surface area contributed by atoms with Crippen molar-refractivity contribution in [3.8, 4) is 0 Å². The van der Waals surface area contributed by atoms with Crippen molar-refractivity contribution in [1.82, 2.24) is 14.9 Å². The molecule has 0 bridgehead atoms. The van der Waals surface area contributed by atoms with E-state index in [0.717, 1.165) is 4.31 Å². The van der Waals surface area contributed by atoms with Crippen LogP contribution in [-0.4, -0.2) is 38.8 Å². The largest absolute Gasteiger partial charge is 0.322 e. The molecule has 1 atom stereocenters. The molecule has 8 nitrogen and oxygen atoms in total. The van der Waals surface area contributed by atoms with Crippen molar-refractivity contribution < 1.29 is 18.0 Å². The summed E-state index contributed by atoms with van der Waals surface area (Å²) in [6.07, 6.45) is 0. The second kappa shape index (κ2) is 5.10. The summed E-state index contributed by atoms with van der Waals surface area (Å²) in [5.74, 6) is -0.470. The first kappa shape index (κ1) is 14.3. The molecule has 2 rings (SSSR count). The fourth-order valence-corrected chi connectivity index (χ4v) is 2.28. The number of rotatable bonds is 4. The summed E-state index contributed by atoms with van der Waals surface area (Å²) in [5.41, 5.74) is 0.803. The molecule has 0 spiro atoms. The highest BCUT2D eigenvalue weighted by Gasteiger charge is 2.31. The van der Waals surface area contributed by atoms with Crippen LogP contribution in [0.4, 0.5) is 10.5 Å². The highest BCUT2D eigenvalue weighted by Crippen LogP contribution is 2.21. The lowest BCUT2D eigenvalue weighted by Gasteiger charge is -2.15. The second-order valence-corrected chi connectivity index (χ2v) is 6.30. The molecule has 20 heavy (non-hydrogen) atoms. The average molecular weight is 298 g/mol. The molecule has 108 valence electrons. The van der Waals surface area contributed by atoms with Gasteiger partial charge in [-0.05, 0) is 17.7 Å². The number of imide groups is 1. The topological polar surface area (TPSA) is 108 Å².